The maximum Gasteiger partial charge on any atom is 0.269 e. The van der Waals surface area contributed by atoms with Crippen molar-refractivity contribution in [1.29, 1.82) is 0 Å². The Labute approximate surface area is 100 Å². The van der Waals surface area contributed by atoms with Gasteiger partial charge in [-0.1, -0.05) is 24.6 Å². The number of hydrogen-bond acceptors (Lipinski definition) is 2. The molecule has 4 nitrogen and oxygen atoms in total. The Hall–Kier alpha value is -1.84. The molecule has 17 heavy (non-hydrogen) atoms. The molecule has 1 aliphatic rings. The van der Waals surface area contributed by atoms with E-state index in [2.05, 4.69) is 10.9 Å². The van der Waals surface area contributed by atoms with Gasteiger partial charge in [-0.25, -0.2) is 0 Å². The predicted octanol–water partition coefficient (Wildman–Crippen LogP) is 1.41. The summed E-state index contributed by atoms with van der Waals surface area (Å²) in [6.45, 7) is 3.98. The molecule has 2 amide bonds. The Morgan fingerprint density at radius 2 is 1.76 bits per heavy atom. The summed E-state index contributed by atoms with van der Waals surface area (Å²) in [7, 11) is 0. The van der Waals surface area contributed by atoms with Crippen LogP contribution in [0.5, 0.6) is 0 Å². The van der Waals surface area contributed by atoms with E-state index in [9.17, 15) is 9.59 Å². The number of nitrogens with one attached hydrogen (secondary N) is 2. The lowest BCUT2D eigenvalue weighted by atomic mass is 10.1. The van der Waals surface area contributed by atoms with Crippen LogP contribution >= 0.6 is 0 Å². The largest absolute Gasteiger partial charge is 0.273 e. The molecule has 0 spiro atoms. The number of rotatable bonds is 2. The van der Waals surface area contributed by atoms with Crippen molar-refractivity contribution in [3.05, 3.63) is 35.4 Å². The molecule has 1 saturated carbocycles. The third-order valence-electron chi connectivity index (χ3n) is 3.06. The third-order valence-corrected chi connectivity index (χ3v) is 3.06. The van der Waals surface area contributed by atoms with E-state index in [4.69, 9.17) is 0 Å². The van der Waals surface area contributed by atoms with Crippen molar-refractivity contribution in [2.75, 3.05) is 0 Å². The second kappa shape index (κ2) is 4.57. The van der Waals surface area contributed by atoms with Crippen molar-refractivity contribution in [3.8, 4) is 0 Å². The fourth-order valence-corrected chi connectivity index (χ4v) is 1.68. The Bertz CT molecular complexity index is 439. The van der Waals surface area contributed by atoms with Gasteiger partial charge in [-0.2, -0.15) is 0 Å². The molecular formula is C13H16N2O2. The van der Waals surface area contributed by atoms with Crippen LogP contribution in [0.2, 0.25) is 0 Å². The van der Waals surface area contributed by atoms with Crippen molar-refractivity contribution in [2.45, 2.75) is 20.3 Å². The summed E-state index contributed by atoms with van der Waals surface area (Å²) in [5.74, 6) is 0.115. The lowest BCUT2D eigenvalue weighted by Gasteiger charge is -2.06. The minimum absolute atomic E-state index is 0.0633. The zero-order chi connectivity index (χ0) is 12.4. The number of carbonyl (C=O) groups is 2. The first kappa shape index (κ1) is 11.6. The molecule has 0 bridgehead atoms. The van der Waals surface area contributed by atoms with Crippen LogP contribution in [0.3, 0.4) is 0 Å². The van der Waals surface area contributed by atoms with Crippen LogP contribution in [0.25, 0.3) is 0 Å². The number of benzene rings is 1. The van der Waals surface area contributed by atoms with Crippen LogP contribution in [0.4, 0.5) is 0 Å². The van der Waals surface area contributed by atoms with E-state index in [0.717, 1.165) is 12.0 Å². The zero-order valence-electron chi connectivity index (χ0n) is 9.99. The normalized spacial score (nSPS) is 21.8. The third kappa shape index (κ3) is 2.84. The van der Waals surface area contributed by atoms with Gasteiger partial charge in [0.1, 0.15) is 0 Å². The average molecular weight is 232 g/mol. The monoisotopic (exact) mass is 232 g/mol. The smallest absolute Gasteiger partial charge is 0.269 e. The Kier molecular flexibility index (Phi) is 3.13. The van der Waals surface area contributed by atoms with Crippen LogP contribution < -0.4 is 10.9 Å². The standard InChI is InChI=1S/C13H16N2O2/c1-8-3-5-10(6-4-8)12(16)14-15-13(17)11-7-9(11)2/h3-6,9,11H,7H2,1-2H3,(H,14,16)(H,15,17). The van der Waals surface area contributed by atoms with Crippen molar-refractivity contribution in [3.63, 3.8) is 0 Å². The van der Waals surface area contributed by atoms with E-state index >= 15 is 0 Å². The predicted molar refractivity (Wildman–Crippen MR) is 64.1 cm³/mol. The van der Waals surface area contributed by atoms with E-state index in [0.29, 0.717) is 11.5 Å². The van der Waals surface area contributed by atoms with Crippen molar-refractivity contribution >= 4 is 11.8 Å². The fourth-order valence-electron chi connectivity index (χ4n) is 1.68. The van der Waals surface area contributed by atoms with Gasteiger partial charge in [0.2, 0.25) is 5.91 Å². The molecule has 1 fully saturated rings. The molecule has 2 atom stereocenters. The minimum Gasteiger partial charge on any atom is -0.273 e. The molecule has 2 rings (SSSR count). The molecule has 2 N–H and O–H groups in total. The van der Waals surface area contributed by atoms with Crippen molar-refractivity contribution in [2.24, 2.45) is 11.8 Å². The van der Waals surface area contributed by atoms with Crippen molar-refractivity contribution in [1.82, 2.24) is 10.9 Å². The lowest BCUT2D eigenvalue weighted by Crippen LogP contribution is -2.42. The maximum atomic E-state index is 11.7. The summed E-state index contributed by atoms with van der Waals surface area (Å²) in [4.78, 5) is 23.1. The van der Waals surface area contributed by atoms with Gasteiger partial charge < -0.3 is 0 Å². The second-order valence-corrected chi connectivity index (χ2v) is 4.63. The Morgan fingerprint density at radius 3 is 2.29 bits per heavy atom. The highest BCUT2D eigenvalue weighted by Gasteiger charge is 2.39. The number of aryl methyl sites for hydroxylation is 1. The lowest BCUT2D eigenvalue weighted by molar-refractivity contribution is -0.123. The molecule has 1 aliphatic carbocycles. The van der Waals surface area contributed by atoms with Gasteiger partial charge in [0.25, 0.3) is 5.91 Å². The van der Waals surface area contributed by atoms with Crippen LogP contribution in [-0.4, -0.2) is 11.8 Å². The van der Waals surface area contributed by atoms with Crippen LogP contribution in [0, 0.1) is 18.8 Å². The second-order valence-electron chi connectivity index (χ2n) is 4.63. The van der Waals surface area contributed by atoms with Gasteiger partial charge >= 0.3 is 0 Å². The minimum atomic E-state index is -0.286. The van der Waals surface area contributed by atoms with Gasteiger partial charge in [0.15, 0.2) is 0 Å². The van der Waals surface area contributed by atoms with Gasteiger partial charge in [0, 0.05) is 11.5 Å². The van der Waals surface area contributed by atoms with Gasteiger partial charge in [0.05, 0.1) is 0 Å². The molecule has 2 unspecified atom stereocenters. The maximum absolute atomic E-state index is 11.7. The Balaban J connectivity index is 1.85. The zero-order valence-corrected chi connectivity index (χ0v) is 9.99. The highest BCUT2D eigenvalue weighted by Crippen LogP contribution is 2.37. The number of hydrogen-bond donors (Lipinski definition) is 2. The topological polar surface area (TPSA) is 58.2 Å². The van der Waals surface area contributed by atoms with E-state index in [1.807, 2.05) is 26.0 Å². The molecule has 90 valence electrons. The number of amides is 2. The summed E-state index contributed by atoms with van der Waals surface area (Å²) in [6.07, 6.45) is 0.909. The van der Waals surface area contributed by atoms with Crippen molar-refractivity contribution < 1.29 is 9.59 Å². The molecule has 1 aromatic rings. The molecule has 1 aromatic carbocycles. The molecule has 4 heteroatoms. The van der Waals surface area contributed by atoms with E-state index in [1.165, 1.54) is 0 Å². The van der Waals surface area contributed by atoms with E-state index in [1.54, 1.807) is 12.1 Å². The first-order chi connectivity index (χ1) is 8.08. The fraction of sp³-hybridized carbons (Fsp3) is 0.385. The SMILES string of the molecule is Cc1ccc(C(=O)NNC(=O)C2CC2C)cc1. The molecule has 0 heterocycles. The first-order valence-electron chi connectivity index (χ1n) is 5.75. The van der Waals surface area contributed by atoms with E-state index in [-0.39, 0.29) is 17.7 Å². The molecular weight excluding hydrogens is 216 g/mol. The number of hydrazine groups is 1. The highest BCUT2D eigenvalue weighted by molar-refractivity contribution is 5.95. The summed E-state index contributed by atoms with van der Waals surface area (Å²) >= 11 is 0. The summed E-state index contributed by atoms with van der Waals surface area (Å²) < 4.78 is 0. The average Bonchev–Trinajstić information content (AvgIpc) is 3.04. The Morgan fingerprint density at radius 1 is 1.18 bits per heavy atom. The summed E-state index contributed by atoms with van der Waals surface area (Å²) in [6, 6.07) is 7.19. The quantitative estimate of drug-likeness (QED) is 0.757. The van der Waals surface area contributed by atoms with Crippen LogP contribution in [0.1, 0.15) is 29.3 Å². The molecule has 0 aliphatic heterocycles. The van der Waals surface area contributed by atoms with E-state index < -0.39 is 0 Å². The molecule has 0 saturated heterocycles. The highest BCUT2D eigenvalue weighted by atomic mass is 16.2. The van der Waals surface area contributed by atoms with Crippen LogP contribution in [0.15, 0.2) is 24.3 Å². The first-order valence-corrected chi connectivity index (χ1v) is 5.75. The van der Waals surface area contributed by atoms with Gasteiger partial charge in [-0.3, -0.25) is 20.4 Å². The van der Waals surface area contributed by atoms with Crippen LogP contribution in [-0.2, 0) is 4.79 Å². The molecule has 0 aromatic heterocycles. The van der Waals surface area contributed by atoms with Gasteiger partial charge in [-0.05, 0) is 31.4 Å². The number of carbonyl (C=O) groups excluding carboxylic acids is 2. The summed E-state index contributed by atoms with van der Waals surface area (Å²) in [5, 5.41) is 0. The van der Waals surface area contributed by atoms with Gasteiger partial charge in [-0.15, -0.1) is 0 Å². The molecule has 0 radical (unpaired) electrons. The summed E-state index contributed by atoms with van der Waals surface area (Å²) in [5.41, 5.74) is 6.51.